The van der Waals surface area contributed by atoms with Crippen LogP contribution in [0.1, 0.15) is 24.4 Å². The first-order valence-corrected chi connectivity index (χ1v) is 3.80. The Morgan fingerprint density at radius 2 is 2.30 bits per heavy atom. The second kappa shape index (κ2) is 2.72. The normalized spacial score (nSPS) is 13.6. The first-order chi connectivity index (χ1) is 4.63. The summed E-state index contributed by atoms with van der Waals surface area (Å²) in [6.07, 6.45) is -0.515. The van der Waals surface area contributed by atoms with E-state index in [9.17, 15) is 0 Å². The molecule has 0 saturated carbocycles. The largest absolute Gasteiger partial charge is 0.387 e. The second-order valence-corrected chi connectivity index (χ2v) is 3.02. The fourth-order valence-corrected chi connectivity index (χ4v) is 1.22. The summed E-state index contributed by atoms with van der Waals surface area (Å²) >= 11 is 3.30. The van der Waals surface area contributed by atoms with E-state index in [2.05, 4.69) is 26.1 Å². The third-order valence-electron chi connectivity index (χ3n) is 1.29. The molecule has 0 saturated heterocycles. The maximum atomic E-state index is 9.11. The molecule has 0 aliphatic carbocycles. The number of H-pyrrole nitrogens is 1. The number of hydrogen-bond donors (Lipinski definition) is 2. The lowest BCUT2D eigenvalue weighted by Gasteiger charge is -1.97. The highest BCUT2D eigenvalue weighted by Crippen LogP contribution is 2.23. The van der Waals surface area contributed by atoms with Crippen molar-refractivity contribution < 1.29 is 5.11 Å². The summed E-state index contributed by atoms with van der Waals surface area (Å²) in [5, 5.41) is 15.8. The molecule has 0 radical (unpaired) electrons. The summed E-state index contributed by atoms with van der Waals surface area (Å²) in [4.78, 5) is 0. The number of halogens is 1. The van der Waals surface area contributed by atoms with E-state index in [1.54, 1.807) is 6.92 Å². The Bertz CT molecular complexity index is 232. The van der Waals surface area contributed by atoms with E-state index in [1.807, 2.05) is 6.92 Å². The number of hydrogen-bond acceptors (Lipinski definition) is 2. The molecule has 2 N–H and O–H groups in total. The Labute approximate surface area is 67.6 Å². The van der Waals surface area contributed by atoms with Crippen LogP contribution in [-0.2, 0) is 0 Å². The Morgan fingerprint density at radius 1 is 1.70 bits per heavy atom. The van der Waals surface area contributed by atoms with Gasteiger partial charge in [0.05, 0.1) is 10.6 Å². The Morgan fingerprint density at radius 3 is 2.50 bits per heavy atom. The monoisotopic (exact) mass is 204 g/mol. The van der Waals surface area contributed by atoms with Gasteiger partial charge in [-0.05, 0) is 29.8 Å². The van der Waals surface area contributed by atoms with Gasteiger partial charge in [0.2, 0.25) is 0 Å². The average molecular weight is 205 g/mol. The SMILES string of the molecule is Cc1[nH]nc(C(C)O)c1Br. The molecule has 0 aliphatic rings. The molecule has 1 aromatic heterocycles. The predicted octanol–water partition coefficient (Wildman–Crippen LogP) is 1.53. The summed E-state index contributed by atoms with van der Waals surface area (Å²) in [6, 6.07) is 0. The highest BCUT2D eigenvalue weighted by molar-refractivity contribution is 9.10. The van der Waals surface area contributed by atoms with Crippen molar-refractivity contribution in [3.63, 3.8) is 0 Å². The first-order valence-electron chi connectivity index (χ1n) is 3.01. The van der Waals surface area contributed by atoms with Crippen molar-refractivity contribution in [2.45, 2.75) is 20.0 Å². The van der Waals surface area contributed by atoms with Crippen LogP contribution in [-0.4, -0.2) is 15.3 Å². The molecule has 1 aromatic rings. The smallest absolute Gasteiger partial charge is 0.105 e. The fraction of sp³-hybridized carbons (Fsp3) is 0.500. The van der Waals surface area contributed by atoms with E-state index in [1.165, 1.54) is 0 Å². The van der Waals surface area contributed by atoms with Crippen LogP contribution in [0.5, 0.6) is 0 Å². The van der Waals surface area contributed by atoms with Gasteiger partial charge >= 0.3 is 0 Å². The van der Waals surface area contributed by atoms with Crippen LogP contribution < -0.4 is 0 Å². The Hall–Kier alpha value is -0.350. The summed E-state index contributed by atoms with van der Waals surface area (Å²) in [5.74, 6) is 0. The van der Waals surface area contributed by atoms with Gasteiger partial charge in [0.1, 0.15) is 5.69 Å². The molecular weight excluding hydrogens is 196 g/mol. The lowest BCUT2D eigenvalue weighted by atomic mass is 10.3. The zero-order chi connectivity index (χ0) is 7.72. The van der Waals surface area contributed by atoms with Crippen LogP contribution in [0, 0.1) is 6.92 Å². The summed E-state index contributed by atoms with van der Waals surface area (Å²) in [5.41, 5.74) is 1.61. The minimum Gasteiger partial charge on any atom is -0.387 e. The minimum atomic E-state index is -0.515. The topological polar surface area (TPSA) is 48.9 Å². The molecule has 1 rings (SSSR count). The van der Waals surface area contributed by atoms with Gasteiger partial charge in [-0.1, -0.05) is 0 Å². The zero-order valence-corrected chi connectivity index (χ0v) is 7.44. The molecular formula is C6H9BrN2O. The standard InChI is InChI=1S/C6H9BrN2O/c1-3-5(7)6(4(2)10)9-8-3/h4,10H,1-2H3,(H,8,9). The highest BCUT2D eigenvalue weighted by Gasteiger charge is 2.10. The van der Waals surface area contributed by atoms with Gasteiger partial charge in [0, 0.05) is 5.69 Å². The number of aliphatic hydroxyl groups excluding tert-OH is 1. The van der Waals surface area contributed by atoms with Gasteiger partial charge in [-0.2, -0.15) is 5.10 Å². The molecule has 1 unspecified atom stereocenters. The molecule has 0 aromatic carbocycles. The van der Waals surface area contributed by atoms with Crippen molar-refractivity contribution in [1.82, 2.24) is 10.2 Å². The lowest BCUT2D eigenvalue weighted by molar-refractivity contribution is 0.193. The van der Waals surface area contributed by atoms with E-state index < -0.39 is 6.10 Å². The van der Waals surface area contributed by atoms with Crippen molar-refractivity contribution in [1.29, 1.82) is 0 Å². The van der Waals surface area contributed by atoms with Crippen LogP contribution in [0.25, 0.3) is 0 Å². The zero-order valence-electron chi connectivity index (χ0n) is 5.85. The molecule has 56 valence electrons. The first kappa shape index (κ1) is 7.75. The number of aromatic nitrogens is 2. The van der Waals surface area contributed by atoms with Gasteiger partial charge in [0.15, 0.2) is 0 Å². The number of aryl methyl sites for hydroxylation is 1. The average Bonchev–Trinajstić information content (AvgIpc) is 2.14. The third kappa shape index (κ3) is 1.22. The number of aliphatic hydroxyl groups is 1. The third-order valence-corrected chi connectivity index (χ3v) is 2.29. The quantitative estimate of drug-likeness (QED) is 0.730. The van der Waals surface area contributed by atoms with Gasteiger partial charge in [-0.25, -0.2) is 0 Å². The summed E-state index contributed by atoms with van der Waals surface area (Å²) in [7, 11) is 0. The minimum absolute atomic E-state index is 0.515. The van der Waals surface area contributed by atoms with Crippen LogP contribution in [0.15, 0.2) is 4.47 Å². The van der Waals surface area contributed by atoms with Crippen LogP contribution in [0.2, 0.25) is 0 Å². The lowest BCUT2D eigenvalue weighted by Crippen LogP contribution is -1.91. The predicted molar refractivity (Wildman–Crippen MR) is 41.7 cm³/mol. The van der Waals surface area contributed by atoms with E-state index in [-0.39, 0.29) is 0 Å². The molecule has 4 heteroatoms. The van der Waals surface area contributed by atoms with E-state index in [0.717, 1.165) is 10.2 Å². The molecule has 0 spiro atoms. The molecule has 0 aliphatic heterocycles. The molecule has 3 nitrogen and oxygen atoms in total. The van der Waals surface area contributed by atoms with E-state index in [0.29, 0.717) is 5.69 Å². The molecule has 0 fully saturated rings. The highest BCUT2D eigenvalue weighted by atomic mass is 79.9. The molecule has 1 atom stereocenters. The fourth-order valence-electron chi connectivity index (χ4n) is 0.711. The van der Waals surface area contributed by atoms with Crippen molar-refractivity contribution >= 4 is 15.9 Å². The molecule has 10 heavy (non-hydrogen) atoms. The van der Waals surface area contributed by atoms with Gasteiger partial charge in [-0.3, -0.25) is 5.10 Å². The maximum absolute atomic E-state index is 9.11. The maximum Gasteiger partial charge on any atom is 0.105 e. The van der Waals surface area contributed by atoms with Gasteiger partial charge in [0.25, 0.3) is 0 Å². The molecule has 1 heterocycles. The van der Waals surface area contributed by atoms with Crippen molar-refractivity contribution in [3.05, 3.63) is 15.9 Å². The van der Waals surface area contributed by atoms with E-state index >= 15 is 0 Å². The van der Waals surface area contributed by atoms with Crippen molar-refractivity contribution in [2.75, 3.05) is 0 Å². The number of rotatable bonds is 1. The molecule has 0 amide bonds. The van der Waals surface area contributed by atoms with Crippen LogP contribution >= 0.6 is 15.9 Å². The van der Waals surface area contributed by atoms with E-state index in [4.69, 9.17) is 5.11 Å². The van der Waals surface area contributed by atoms with Crippen molar-refractivity contribution in [3.8, 4) is 0 Å². The Balaban J connectivity index is 3.05. The van der Waals surface area contributed by atoms with Crippen LogP contribution in [0.4, 0.5) is 0 Å². The van der Waals surface area contributed by atoms with Gasteiger partial charge in [-0.15, -0.1) is 0 Å². The van der Waals surface area contributed by atoms with Crippen LogP contribution in [0.3, 0.4) is 0 Å². The second-order valence-electron chi connectivity index (χ2n) is 2.22. The summed E-state index contributed by atoms with van der Waals surface area (Å²) < 4.78 is 0.863. The number of nitrogens with one attached hydrogen (secondary N) is 1. The summed E-state index contributed by atoms with van der Waals surface area (Å²) in [6.45, 7) is 3.57. The molecule has 0 bridgehead atoms. The number of aromatic amines is 1. The number of nitrogens with zero attached hydrogens (tertiary/aromatic N) is 1. The van der Waals surface area contributed by atoms with Gasteiger partial charge < -0.3 is 5.11 Å². The Kier molecular flexibility index (Phi) is 2.11. The van der Waals surface area contributed by atoms with Crippen molar-refractivity contribution in [2.24, 2.45) is 0 Å².